The van der Waals surface area contributed by atoms with Crippen LogP contribution in [0.4, 0.5) is 0 Å². The molecule has 0 saturated heterocycles. The average Bonchev–Trinajstić information content (AvgIpc) is 2.82. The molecular formula is C14H16N2O. The maximum atomic E-state index is 8.90. The van der Waals surface area contributed by atoms with E-state index in [9.17, 15) is 0 Å². The van der Waals surface area contributed by atoms with Crippen LogP contribution in [0.5, 0.6) is 0 Å². The maximum Gasteiger partial charge on any atom is 0.0576 e. The molecule has 1 saturated carbocycles. The highest BCUT2D eigenvalue weighted by Crippen LogP contribution is 2.35. The molecule has 1 aromatic carbocycles. The monoisotopic (exact) mass is 228 g/mol. The summed E-state index contributed by atoms with van der Waals surface area (Å²) in [7, 11) is 0. The Morgan fingerprint density at radius 3 is 3.06 bits per heavy atom. The second-order valence-electron chi connectivity index (χ2n) is 4.75. The fourth-order valence-corrected chi connectivity index (χ4v) is 2.83. The van der Waals surface area contributed by atoms with E-state index >= 15 is 0 Å². The van der Waals surface area contributed by atoms with Gasteiger partial charge in [0.05, 0.1) is 5.71 Å². The molecule has 0 spiro atoms. The van der Waals surface area contributed by atoms with Crippen LogP contribution in [0.3, 0.4) is 0 Å². The molecule has 0 radical (unpaired) electrons. The van der Waals surface area contributed by atoms with Gasteiger partial charge >= 0.3 is 0 Å². The first-order valence-corrected chi connectivity index (χ1v) is 6.14. The smallest absolute Gasteiger partial charge is 0.0576 e. The van der Waals surface area contributed by atoms with Gasteiger partial charge in [0.2, 0.25) is 0 Å². The first-order chi connectivity index (χ1) is 8.38. The van der Waals surface area contributed by atoms with E-state index in [4.69, 9.17) is 5.21 Å². The van der Waals surface area contributed by atoms with Gasteiger partial charge in [-0.15, -0.1) is 0 Å². The van der Waals surface area contributed by atoms with Crippen molar-refractivity contribution in [2.45, 2.75) is 31.6 Å². The number of rotatable bonds is 1. The Labute approximate surface area is 100 Å². The molecule has 0 bridgehead atoms. The number of fused-ring (bicyclic) bond motifs is 1. The van der Waals surface area contributed by atoms with Crippen LogP contribution in [0.15, 0.2) is 35.6 Å². The Morgan fingerprint density at radius 2 is 2.18 bits per heavy atom. The first-order valence-electron chi connectivity index (χ1n) is 6.14. The molecule has 88 valence electrons. The Kier molecular flexibility index (Phi) is 2.59. The maximum absolute atomic E-state index is 8.90. The fourth-order valence-electron chi connectivity index (χ4n) is 2.83. The van der Waals surface area contributed by atoms with Crippen molar-refractivity contribution < 1.29 is 5.21 Å². The minimum atomic E-state index is 0.491. The summed E-state index contributed by atoms with van der Waals surface area (Å²) in [5.74, 6) is 0.491. The van der Waals surface area contributed by atoms with Crippen molar-refractivity contribution in [3.05, 3.63) is 36.0 Å². The van der Waals surface area contributed by atoms with Gasteiger partial charge in [-0.3, -0.25) is 0 Å². The largest absolute Gasteiger partial charge is 0.411 e. The van der Waals surface area contributed by atoms with Gasteiger partial charge in [0.25, 0.3) is 0 Å². The number of nitrogens with zero attached hydrogens (tertiary/aromatic N) is 1. The molecule has 17 heavy (non-hydrogen) atoms. The van der Waals surface area contributed by atoms with Crippen molar-refractivity contribution in [2.24, 2.45) is 5.16 Å². The summed E-state index contributed by atoms with van der Waals surface area (Å²) in [6.45, 7) is 0. The minimum Gasteiger partial charge on any atom is -0.411 e. The Bertz CT molecular complexity index is 556. The van der Waals surface area contributed by atoms with Crippen LogP contribution in [0.25, 0.3) is 10.9 Å². The number of aromatic amines is 1. The average molecular weight is 228 g/mol. The fraction of sp³-hybridized carbons (Fsp3) is 0.357. The molecular weight excluding hydrogens is 212 g/mol. The van der Waals surface area contributed by atoms with Crippen molar-refractivity contribution in [1.29, 1.82) is 0 Å². The van der Waals surface area contributed by atoms with Gasteiger partial charge in [0.15, 0.2) is 0 Å². The Hall–Kier alpha value is -1.77. The van der Waals surface area contributed by atoms with Crippen LogP contribution in [-0.2, 0) is 0 Å². The third-order valence-electron chi connectivity index (χ3n) is 3.70. The third-order valence-corrected chi connectivity index (χ3v) is 3.70. The van der Waals surface area contributed by atoms with Crippen LogP contribution in [0.1, 0.15) is 37.2 Å². The lowest BCUT2D eigenvalue weighted by Gasteiger charge is -2.22. The number of oxime groups is 1. The molecule has 1 heterocycles. The summed E-state index contributed by atoms with van der Waals surface area (Å²) in [4.78, 5) is 3.32. The van der Waals surface area contributed by atoms with Gasteiger partial charge in [-0.05, 0) is 43.2 Å². The number of H-pyrrole nitrogens is 1. The second kappa shape index (κ2) is 4.24. The van der Waals surface area contributed by atoms with E-state index in [1.54, 1.807) is 0 Å². The topological polar surface area (TPSA) is 48.4 Å². The first kappa shape index (κ1) is 10.4. The van der Waals surface area contributed by atoms with Gasteiger partial charge in [-0.2, -0.15) is 0 Å². The zero-order valence-electron chi connectivity index (χ0n) is 9.69. The van der Waals surface area contributed by atoms with E-state index in [0.29, 0.717) is 5.92 Å². The molecule has 2 aromatic rings. The minimum absolute atomic E-state index is 0.491. The van der Waals surface area contributed by atoms with Crippen LogP contribution in [0.2, 0.25) is 0 Å². The van der Waals surface area contributed by atoms with Gasteiger partial charge in [0, 0.05) is 17.1 Å². The van der Waals surface area contributed by atoms with E-state index in [-0.39, 0.29) is 0 Å². The van der Waals surface area contributed by atoms with Crippen LogP contribution >= 0.6 is 0 Å². The number of para-hydroxylation sites is 1. The number of hydrogen-bond acceptors (Lipinski definition) is 2. The molecule has 1 atom stereocenters. The summed E-state index contributed by atoms with van der Waals surface area (Å²) in [6.07, 6.45) is 6.23. The molecule has 0 amide bonds. The van der Waals surface area contributed by atoms with Gasteiger partial charge in [-0.25, -0.2) is 0 Å². The molecule has 3 rings (SSSR count). The number of hydrogen-bond donors (Lipinski definition) is 2. The van der Waals surface area contributed by atoms with E-state index < -0.39 is 0 Å². The van der Waals surface area contributed by atoms with Gasteiger partial charge in [-0.1, -0.05) is 23.4 Å². The van der Waals surface area contributed by atoms with Crippen LogP contribution in [0, 0.1) is 0 Å². The zero-order chi connectivity index (χ0) is 11.7. The van der Waals surface area contributed by atoms with Crippen molar-refractivity contribution in [3.8, 4) is 0 Å². The molecule has 1 aliphatic rings. The lowest BCUT2D eigenvalue weighted by molar-refractivity contribution is 0.313. The highest BCUT2D eigenvalue weighted by atomic mass is 16.4. The lowest BCUT2D eigenvalue weighted by atomic mass is 9.83. The van der Waals surface area contributed by atoms with Crippen molar-refractivity contribution in [2.75, 3.05) is 0 Å². The van der Waals surface area contributed by atoms with E-state index in [0.717, 1.165) is 25.0 Å². The highest BCUT2D eigenvalue weighted by Gasteiger charge is 2.22. The van der Waals surface area contributed by atoms with Crippen LogP contribution in [-0.4, -0.2) is 15.9 Å². The molecule has 1 aliphatic carbocycles. The lowest BCUT2D eigenvalue weighted by Crippen LogP contribution is -2.13. The molecule has 0 aliphatic heterocycles. The molecule has 3 nitrogen and oxygen atoms in total. The second-order valence-corrected chi connectivity index (χ2v) is 4.75. The number of nitrogens with one attached hydrogen (secondary N) is 1. The standard InChI is InChI=1S/C14H16N2O/c17-16-11-5-3-4-10(8-11)13-9-15-14-7-2-1-6-12(13)14/h1-2,6-7,9-10,15,17H,3-5,8H2/b16-11+. The SMILES string of the molecule is O/N=C1\CCCC(c2c[nH]c3ccccc23)C1. The van der Waals surface area contributed by atoms with Crippen LogP contribution < -0.4 is 0 Å². The summed E-state index contributed by atoms with van der Waals surface area (Å²) in [5.41, 5.74) is 3.49. The summed E-state index contributed by atoms with van der Waals surface area (Å²) >= 11 is 0. The third kappa shape index (κ3) is 1.82. The predicted molar refractivity (Wildman–Crippen MR) is 68.7 cm³/mol. The summed E-state index contributed by atoms with van der Waals surface area (Å²) in [5, 5.41) is 13.6. The van der Waals surface area contributed by atoms with Crippen molar-refractivity contribution in [3.63, 3.8) is 0 Å². The molecule has 1 fully saturated rings. The van der Waals surface area contributed by atoms with Gasteiger partial charge < -0.3 is 10.2 Å². The molecule has 1 aromatic heterocycles. The molecule has 1 unspecified atom stereocenters. The highest BCUT2D eigenvalue weighted by molar-refractivity contribution is 5.88. The predicted octanol–water partition coefficient (Wildman–Crippen LogP) is 3.66. The number of aromatic nitrogens is 1. The number of benzene rings is 1. The van der Waals surface area contributed by atoms with Gasteiger partial charge in [0.1, 0.15) is 0 Å². The van der Waals surface area contributed by atoms with Crippen molar-refractivity contribution >= 4 is 16.6 Å². The van der Waals surface area contributed by atoms with E-state index in [1.165, 1.54) is 22.9 Å². The summed E-state index contributed by atoms with van der Waals surface area (Å²) in [6, 6.07) is 8.38. The van der Waals surface area contributed by atoms with E-state index in [2.05, 4.69) is 34.5 Å². The normalized spacial score (nSPS) is 23.3. The molecule has 2 N–H and O–H groups in total. The molecule has 3 heteroatoms. The summed E-state index contributed by atoms with van der Waals surface area (Å²) < 4.78 is 0. The Balaban J connectivity index is 1.98. The zero-order valence-corrected chi connectivity index (χ0v) is 9.69. The van der Waals surface area contributed by atoms with Crippen molar-refractivity contribution in [1.82, 2.24) is 4.98 Å². The Morgan fingerprint density at radius 1 is 1.29 bits per heavy atom. The quantitative estimate of drug-likeness (QED) is 0.568. The van der Waals surface area contributed by atoms with E-state index in [1.807, 2.05) is 6.07 Å².